The van der Waals surface area contributed by atoms with E-state index < -0.39 is 4.92 Å². The third-order valence-corrected chi connectivity index (χ3v) is 3.70. The number of benzene rings is 1. The minimum absolute atomic E-state index is 0.00310. The molecule has 0 radical (unpaired) electrons. The van der Waals surface area contributed by atoms with Crippen molar-refractivity contribution in [3.63, 3.8) is 0 Å². The SMILES string of the molecule is COc1ccc(NC2CCN(C(C)=O)CC2)c([N+](=O)[O-])c1. The number of methoxy groups -OCH3 is 1. The van der Waals surface area contributed by atoms with Gasteiger partial charge in [0.15, 0.2) is 0 Å². The summed E-state index contributed by atoms with van der Waals surface area (Å²) in [4.78, 5) is 23.8. The highest BCUT2D eigenvalue weighted by atomic mass is 16.6. The third-order valence-electron chi connectivity index (χ3n) is 3.70. The molecule has 7 heteroatoms. The number of carbonyl (C=O) groups is 1. The van der Waals surface area contributed by atoms with E-state index in [-0.39, 0.29) is 17.6 Å². The molecule has 0 aromatic heterocycles. The number of likely N-dealkylation sites (tertiary alicyclic amines) is 1. The monoisotopic (exact) mass is 293 g/mol. The second-order valence-electron chi connectivity index (χ2n) is 5.06. The second kappa shape index (κ2) is 6.43. The number of nitro groups is 1. The van der Waals surface area contributed by atoms with Gasteiger partial charge in [-0.3, -0.25) is 14.9 Å². The molecule has 1 aliphatic heterocycles. The number of carbonyl (C=O) groups excluding carboxylic acids is 1. The van der Waals surface area contributed by atoms with E-state index in [1.807, 2.05) is 0 Å². The maximum Gasteiger partial charge on any atom is 0.296 e. The molecule has 7 nitrogen and oxygen atoms in total. The number of nitro benzene ring substituents is 1. The van der Waals surface area contributed by atoms with Crippen molar-refractivity contribution in [2.24, 2.45) is 0 Å². The molecule has 0 spiro atoms. The first kappa shape index (κ1) is 15.1. The van der Waals surface area contributed by atoms with Gasteiger partial charge in [-0.2, -0.15) is 0 Å². The molecule has 1 amide bonds. The van der Waals surface area contributed by atoms with Crippen LogP contribution < -0.4 is 10.1 Å². The van der Waals surface area contributed by atoms with Crippen LogP contribution >= 0.6 is 0 Å². The van der Waals surface area contributed by atoms with Crippen molar-refractivity contribution >= 4 is 17.3 Å². The smallest absolute Gasteiger partial charge is 0.296 e. The first-order chi connectivity index (χ1) is 10.0. The van der Waals surface area contributed by atoms with Gasteiger partial charge in [0, 0.05) is 26.1 Å². The molecule has 114 valence electrons. The lowest BCUT2D eigenvalue weighted by atomic mass is 10.0. The number of nitrogens with zero attached hydrogens (tertiary/aromatic N) is 2. The molecular formula is C14H19N3O4. The standard InChI is InChI=1S/C14H19N3O4/c1-10(18)16-7-5-11(6-8-16)15-13-4-3-12(21-2)9-14(13)17(19)20/h3-4,9,11,15H,5-8H2,1-2H3. The number of hydrogen-bond donors (Lipinski definition) is 1. The van der Waals surface area contributed by atoms with E-state index >= 15 is 0 Å². The van der Waals surface area contributed by atoms with E-state index in [0.717, 1.165) is 12.8 Å². The summed E-state index contributed by atoms with van der Waals surface area (Å²) in [7, 11) is 1.48. The van der Waals surface area contributed by atoms with Crippen molar-refractivity contribution in [3.8, 4) is 5.75 Å². The molecule has 0 aliphatic carbocycles. The summed E-state index contributed by atoms with van der Waals surface area (Å²) < 4.78 is 5.01. The molecule has 2 rings (SSSR count). The van der Waals surface area contributed by atoms with Gasteiger partial charge in [0.05, 0.1) is 18.1 Å². The van der Waals surface area contributed by atoms with Crippen LogP contribution in [0.5, 0.6) is 5.75 Å². The van der Waals surface area contributed by atoms with Gasteiger partial charge in [-0.05, 0) is 25.0 Å². The summed E-state index contributed by atoms with van der Waals surface area (Å²) in [5, 5.41) is 14.3. The van der Waals surface area contributed by atoms with E-state index in [0.29, 0.717) is 24.5 Å². The van der Waals surface area contributed by atoms with E-state index in [4.69, 9.17) is 4.74 Å². The van der Waals surface area contributed by atoms with Gasteiger partial charge in [0.25, 0.3) is 5.69 Å². The fourth-order valence-corrected chi connectivity index (χ4v) is 2.47. The first-order valence-electron chi connectivity index (χ1n) is 6.85. The highest BCUT2D eigenvalue weighted by molar-refractivity contribution is 5.73. The van der Waals surface area contributed by atoms with Crippen LogP contribution in [0.4, 0.5) is 11.4 Å². The predicted molar refractivity (Wildman–Crippen MR) is 78.5 cm³/mol. The molecule has 1 fully saturated rings. The minimum Gasteiger partial charge on any atom is -0.496 e. The molecule has 0 bridgehead atoms. The van der Waals surface area contributed by atoms with E-state index in [1.165, 1.54) is 13.2 Å². The zero-order chi connectivity index (χ0) is 15.4. The average Bonchev–Trinajstić information content (AvgIpc) is 2.48. The lowest BCUT2D eigenvalue weighted by Gasteiger charge is -2.32. The summed E-state index contributed by atoms with van der Waals surface area (Å²) >= 11 is 0. The van der Waals surface area contributed by atoms with Crippen LogP contribution in [0.15, 0.2) is 18.2 Å². The summed E-state index contributed by atoms with van der Waals surface area (Å²) in [6.45, 7) is 2.91. The molecule has 21 heavy (non-hydrogen) atoms. The van der Waals surface area contributed by atoms with Gasteiger partial charge in [-0.15, -0.1) is 0 Å². The van der Waals surface area contributed by atoms with Crippen molar-refractivity contribution in [2.45, 2.75) is 25.8 Å². The Morgan fingerprint density at radius 3 is 2.62 bits per heavy atom. The summed E-state index contributed by atoms with van der Waals surface area (Å²) in [5.74, 6) is 0.530. The highest BCUT2D eigenvalue weighted by Crippen LogP contribution is 2.30. The van der Waals surface area contributed by atoms with Crippen LogP contribution in [0, 0.1) is 10.1 Å². The van der Waals surface area contributed by atoms with Crippen LogP contribution in [-0.4, -0.2) is 42.0 Å². The van der Waals surface area contributed by atoms with Crippen molar-refractivity contribution < 1.29 is 14.5 Å². The minimum atomic E-state index is -0.421. The van der Waals surface area contributed by atoms with E-state index in [9.17, 15) is 14.9 Å². The van der Waals surface area contributed by atoms with Crippen molar-refractivity contribution in [2.75, 3.05) is 25.5 Å². The summed E-state index contributed by atoms with van der Waals surface area (Å²) in [5.41, 5.74) is 0.491. The van der Waals surface area contributed by atoms with Gasteiger partial charge in [0.1, 0.15) is 11.4 Å². The Morgan fingerprint density at radius 2 is 2.10 bits per heavy atom. The molecule has 0 unspecified atom stereocenters. The van der Waals surface area contributed by atoms with E-state index in [1.54, 1.807) is 24.0 Å². The zero-order valence-electron chi connectivity index (χ0n) is 12.2. The predicted octanol–water partition coefficient (Wildman–Crippen LogP) is 2.03. The van der Waals surface area contributed by atoms with Crippen LogP contribution in [0.2, 0.25) is 0 Å². The van der Waals surface area contributed by atoms with Crippen molar-refractivity contribution in [1.29, 1.82) is 0 Å². The van der Waals surface area contributed by atoms with Gasteiger partial charge in [0.2, 0.25) is 5.91 Å². The molecule has 1 heterocycles. The third kappa shape index (κ3) is 3.62. The lowest BCUT2D eigenvalue weighted by Crippen LogP contribution is -2.41. The molecule has 1 aromatic carbocycles. The van der Waals surface area contributed by atoms with Crippen LogP contribution in [0.25, 0.3) is 0 Å². The van der Waals surface area contributed by atoms with Gasteiger partial charge < -0.3 is 15.0 Å². The van der Waals surface area contributed by atoms with Gasteiger partial charge >= 0.3 is 0 Å². The number of piperidine rings is 1. The van der Waals surface area contributed by atoms with Crippen LogP contribution in [-0.2, 0) is 4.79 Å². The first-order valence-corrected chi connectivity index (χ1v) is 6.85. The molecular weight excluding hydrogens is 274 g/mol. The Labute approximate surface area is 123 Å². The molecule has 1 saturated heterocycles. The summed E-state index contributed by atoms with van der Waals surface area (Å²) in [6.07, 6.45) is 1.56. The van der Waals surface area contributed by atoms with Crippen LogP contribution in [0.1, 0.15) is 19.8 Å². The Bertz CT molecular complexity index is 539. The maximum absolute atomic E-state index is 11.3. The van der Waals surface area contributed by atoms with Gasteiger partial charge in [-0.25, -0.2) is 0 Å². The average molecular weight is 293 g/mol. The Morgan fingerprint density at radius 1 is 1.43 bits per heavy atom. The Kier molecular flexibility index (Phi) is 4.62. The molecule has 1 aliphatic rings. The summed E-state index contributed by atoms with van der Waals surface area (Å²) in [6, 6.07) is 4.90. The fourth-order valence-electron chi connectivity index (χ4n) is 2.47. The molecule has 1 N–H and O–H groups in total. The quantitative estimate of drug-likeness (QED) is 0.678. The number of rotatable bonds is 4. The zero-order valence-corrected chi connectivity index (χ0v) is 12.2. The second-order valence-corrected chi connectivity index (χ2v) is 5.06. The lowest BCUT2D eigenvalue weighted by molar-refractivity contribution is -0.384. The maximum atomic E-state index is 11.3. The largest absolute Gasteiger partial charge is 0.496 e. The highest BCUT2D eigenvalue weighted by Gasteiger charge is 2.23. The Hall–Kier alpha value is -2.31. The normalized spacial score (nSPS) is 15.6. The molecule has 0 atom stereocenters. The van der Waals surface area contributed by atoms with Crippen molar-refractivity contribution in [1.82, 2.24) is 4.90 Å². The number of hydrogen-bond acceptors (Lipinski definition) is 5. The molecule has 0 saturated carbocycles. The topological polar surface area (TPSA) is 84.7 Å². The number of ether oxygens (including phenoxy) is 1. The van der Waals surface area contributed by atoms with Gasteiger partial charge in [-0.1, -0.05) is 0 Å². The number of nitrogens with one attached hydrogen (secondary N) is 1. The number of anilines is 1. The van der Waals surface area contributed by atoms with Crippen LogP contribution in [0.3, 0.4) is 0 Å². The fraction of sp³-hybridized carbons (Fsp3) is 0.500. The van der Waals surface area contributed by atoms with Crippen molar-refractivity contribution in [3.05, 3.63) is 28.3 Å². The molecule has 1 aromatic rings. The number of amides is 1. The Balaban J connectivity index is 2.06. The van der Waals surface area contributed by atoms with E-state index in [2.05, 4.69) is 5.32 Å².